The molecule has 0 saturated carbocycles. The van der Waals surface area contributed by atoms with Crippen molar-refractivity contribution in [2.45, 2.75) is 39.2 Å². The summed E-state index contributed by atoms with van der Waals surface area (Å²) in [6.45, 7) is 5.46. The molecule has 158 valence electrons. The van der Waals surface area contributed by atoms with Crippen LogP contribution in [0.15, 0.2) is 36.4 Å². The molecule has 0 radical (unpaired) electrons. The van der Waals surface area contributed by atoms with Crippen molar-refractivity contribution in [2.24, 2.45) is 0 Å². The minimum absolute atomic E-state index is 0.0676. The molecular weight excluding hydrogens is 424 g/mol. The number of hydrogen-bond donors (Lipinski definition) is 2. The van der Waals surface area contributed by atoms with Gasteiger partial charge in [-0.2, -0.15) is 0 Å². The van der Waals surface area contributed by atoms with Crippen molar-refractivity contribution in [3.63, 3.8) is 0 Å². The molecule has 2 amide bonds. The smallest absolute Gasteiger partial charge is 0.414 e. The second kappa shape index (κ2) is 8.97. The van der Waals surface area contributed by atoms with E-state index in [9.17, 15) is 14.7 Å². The Morgan fingerprint density at radius 3 is 2.43 bits per heavy atom. The molecule has 0 fully saturated rings. The quantitative estimate of drug-likeness (QED) is 0.480. The van der Waals surface area contributed by atoms with Crippen molar-refractivity contribution < 1.29 is 14.7 Å². The van der Waals surface area contributed by atoms with Gasteiger partial charge in [-0.3, -0.25) is 4.79 Å². The third-order valence-corrected chi connectivity index (χ3v) is 5.52. The van der Waals surface area contributed by atoms with Gasteiger partial charge in [-0.15, -0.1) is 11.6 Å². The molecule has 2 N–H and O–H groups in total. The highest BCUT2D eigenvalue weighted by atomic mass is 35.5. The normalized spacial score (nSPS) is 11.5. The number of hydrogen-bond acceptors (Lipinski definition) is 5. The largest absolute Gasteiger partial charge is 0.465 e. The summed E-state index contributed by atoms with van der Waals surface area (Å²) >= 11 is 6.86. The molecule has 0 spiro atoms. The second-order valence-corrected chi connectivity index (χ2v) is 9.06. The van der Waals surface area contributed by atoms with Gasteiger partial charge >= 0.3 is 6.09 Å². The number of benzene rings is 1. The van der Waals surface area contributed by atoms with Crippen LogP contribution in [0, 0.1) is 0 Å². The summed E-state index contributed by atoms with van der Waals surface area (Å²) in [5.41, 5.74) is 2.37. The highest BCUT2D eigenvalue weighted by Crippen LogP contribution is 2.33. The van der Waals surface area contributed by atoms with Gasteiger partial charge in [0, 0.05) is 29.1 Å². The van der Waals surface area contributed by atoms with E-state index in [0.717, 1.165) is 11.3 Å². The number of halogens is 1. The van der Waals surface area contributed by atoms with Crippen LogP contribution in [0.25, 0.3) is 21.6 Å². The lowest BCUT2D eigenvalue weighted by molar-refractivity contribution is -0.116. The molecule has 2 aromatic heterocycles. The maximum atomic E-state index is 11.8. The predicted octanol–water partition coefficient (Wildman–Crippen LogP) is 5.60. The van der Waals surface area contributed by atoms with Crippen LogP contribution in [0.1, 0.15) is 33.6 Å². The zero-order valence-electron chi connectivity index (χ0n) is 17.0. The number of nitrogens with one attached hydrogen (secondary N) is 1. The van der Waals surface area contributed by atoms with Gasteiger partial charge in [-0.1, -0.05) is 23.5 Å². The zero-order chi connectivity index (χ0) is 21.9. The summed E-state index contributed by atoms with van der Waals surface area (Å²) in [4.78, 5) is 34.5. The molecule has 3 rings (SSSR count). The molecule has 1 aromatic carbocycles. The Balaban J connectivity index is 1.83. The Hall–Kier alpha value is -2.71. The molecule has 3 aromatic rings. The number of fused-ring (bicyclic) bond motifs is 1. The fourth-order valence-electron chi connectivity index (χ4n) is 2.89. The van der Waals surface area contributed by atoms with E-state index in [1.807, 2.05) is 57.2 Å². The average molecular weight is 447 g/mol. The van der Waals surface area contributed by atoms with Gasteiger partial charge in [-0.05, 0) is 51.5 Å². The van der Waals surface area contributed by atoms with E-state index in [1.165, 1.54) is 16.2 Å². The zero-order valence-corrected chi connectivity index (χ0v) is 18.5. The van der Waals surface area contributed by atoms with Crippen molar-refractivity contribution in [3.05, 3.63) is 36.4 Å². The van der Waals surface area contributed by atoms with Gasteiger partial charge in [0.2, 0.25) is 5.91 Å². The third kappa shape index (κ3) is 5.06. The van der Waals surface area contributed by atoms with Crippen LogP contribution in [-0.2, 0) is 4.79 Å². The van der Waals surface area contributed by atoms with E-state index >= 15 is 0 Å². The Bertz CT molecular complexity index is 1060. The molecule has 0 atom stereocenters. The molecular formula is C21H23ClN4O3S. The number of thiazole rings is 1. The Kier molecular flexibility index (Phi) is 6.58. The molecule has 0 aliphatic heterocycles. The van der Waals surface area contributed by atoms with Gasteiger partial charge < -0.3 is 10.4 Å². The van der Waals surface area contributed by atoms with Crippen LogP contribution in [0.2, 0.25) is 0 Å². The lowest BCUT2D eigenvalue weighted by Gasteiger charge is -2.30. The van der Waals surface area contributed by atoms with Gasteiger partial charge in [0.15, 0.2) is 5.13 Å². The first-order valence-electron chi connectivity index (χ1n) is 9.46. The molecule has 0 bridgehead atoms. The molecule has 9 heteroatoms. The summed E-state index contributed by atoms with van der Waals surface area (Å²) in [5, 5.41) is 12.8. The fourth-order valence-corrected chi connectivity index (χ4v) is 4.15. The molecule has 0 aliphatic carbocycles. The first-order valence-corrected chi connectivity index (χ1v) is 10.8. The first-order chi connectivity index (χ1) is 14.2. The van der Waals surface area contributed by atoms with E-state index in [1.54, 1.807) is 0 Å². The number of aromatic nitrogens is 2. The van der Waals surface area contributed by atoms with Crippen LogP contribution in [0.3, 0.4) is 0 Å². The average Bonchev–Trinajstić information content (AvgIpc) is 3.07. The number of anilines is 2. The van der Waals surface area contributed by atoms with Crippen molar-refractivity contribution in [1.82, 2.24) is 9.97 Å². The molecule has 30 heavy (non-hydrogen) atoms. The maximum absolute atomic E-state index is 11.8. The van der Waals surface area contributed by atoms with Crippen LogP contribution < -0.4 is 10.2 Å². The standard InChI is InChI=1S/C21H23ClN4O3S/c1-21(2,3)26(20(28)29)19-25-16-11-10-15(24-18(16)30-19)13-6-8-14(9-7-13)23-17(27)5-4-12-22/h6-11H,4-5,12H2,1-3H3,(H,23,27)(H,28,29). The predicted molar refractivity (Wildman–Crippen MR) is 122 cm³/mol. The van der Waals surface area contributed by atoms with E-state index in [0.29, 0.717) is 39.9 Å². The van der Waals surface area contributed by atoms with E-state index in [2.05, 4.69) is 15.3 Å². The number of carboxylic acid groups (broad SMARTS) is 1. The number of carbonyl (C=O) groups is 2. The minimum Gasteiger partial charge on any atom is -0.465 e. The second-order valence-electron chi connectivity index (χ2n) is 7.72. The third-order valence-electron chi connectivity index (χ3n) is 4.30. The Morgan fingerprint density at radius 1 is 1.13 bits per heavy atom. The summed E-state index contributed by atoms with van der Waals surface area (Å²) in [6.07, 6.45) is -0.0228. The summed E-state index contributed by atoms with van der Waals surface area (Å²) in [6, 6.07) is 11.1. The van der Waals surface area contributed by atoms with Crippen molar-refractivity contribution in [3.8, 4) is 11.3 Å². The Labute approximate surface area is 183 Å². The number of alkyl halides is 1. The van der Waals surface area contributed by atoms with Gasteiger partial charge in [-0.25, -0.2) is 19.7 Å². The van der Waals surface area contributed by atoms with Crippen molar-refractivity contribution in [2.75, 3.05) is 16.1 Å². The monoisotopic (exact) mass is 446 g/mol. The Morgan fingerprint density at radius 2 is 1.83 bits per heavy atom. The molecule has 0 aliphatic rings. The number of rotatable bonds is 6. The lowest BCUT2D eigenvalue weighted by Crippen LogP contribution is -2.45. The molecule has 7 nitrogen and oxygen atoms in total. The fraction of sp³-hybridized carbons (Fsp3) is 0.333. The topological polar surface area (TPSA) is 95.4 Å². The molecule has 2 heterocycles. The molecule has 0 saturated heterocycles. The SMILES string of the molecule is CC(C)(C)N(C(=O)O)c1nc2ccc(-c3ccc(NC(=O)CCCCl)cc3)nc2s1. The summed E-state index contributed by atoms with van der Waals surface area (Å²) in [7, 11) is 0. The van der Waals surface area contributed by atoms with Crippen LogP contribution in [0.5, 0.6) is 0 Å². The highest BCUT2D eigenvalue weighted by Gasteiger charge is 2.30. The maximum Gasteiger partial charge on any atom is 0.414 e. The van der Waals surface area contributed by atoms with E-state index < -0.39 is 11.6 Å². The lowest BCUT2D eigenvalue weighted by atomic mass is 10.1. The molecule has 0 unspecified atom stereocenters. The van der Waals surface area contributed by atoms with Crippen LogP contribution in [0.4, 0.5) is 15.6 Å². The van der Waals surface area contributed by atoms with Gasteiger partial charge in [0.1, 0.15) is 10.3 Å². The summed E-state index contributed by atoms with van der Waals surface area (Å²) in [5.74, 6) is 0.390. The van der Waals surface area contributed by atoms with E-state index in [4.69, 9.17) is 11.6 Å². The van der Waals surface area contributed by atoms with E-state index in [-0.39, 0.29) is 5.91 Å². The van der Waals surface area contributed by atoms with Crippen molar-refractivity contribution in [1.29, 1.82) is 0 Å². The van der Waals surface area contributed by atoms with Gasteiger partial charge in [0.05, 0.1) is 5.69 Å². The van der Waals surface area contributed by atoms with Gasteiger partial charge in [0.25, 0.3) is 0 Å². The minimum atomic E-state index is -1.05. The number of pyridine rings is 1. The number of carbonyl (C=O) groups excluding carboxylic acids is 1. The first kappa shape index (κ1) is 22.0. The van der Waals surface area contributed by atoms with Crippen LogP contribution >= 0.6 is 22.9 Å². The van der Waals surface area contributed by atoms with Crippen LogP contribution in [-0.4, -0.2) is 38.5 Å². The highest BCUT2D eigenvalue weighted by molar-refractivity contribution is 7.22. The number of nitrogens with zero attached hydrogens (tertiary/aromatic N) is 3. The summed E-state index contributed by atoms with van der Waals surface area (Å²) < 4.78 is 0. The number of amides is 2. The van der Waals surface area contributed by atoms with Crippen molar-refractivity contribution >= 4 is 56.1 Å².